The van der Waals surface area contributed by atoms with Gasteiger partial charge in [-0.2, -0.15) is 0 Å². The largest absolute Gasteiger partial charge is 0.389 e. The number of hydrogen-bond acceptors (Lipinski definition) is 2. The number of thiocarbonyl (C=S) groups is 1. The molecule has 0 saturated carbocycles. The van der Waals surface area contributed by atoms with Gasteiger partial charge in [-0.15, -0.1) is 0 Å². The third-order valence-electron chi connectivity index (χ3n) is 2.85. The Kier molecular flexibility index (Phi) is 3.38. The molecule has 1 heterocycles. The summed E-state index contributed by atoms with van der Waals surface area (Å²) in [4.78, 5) is 13.4. The van der Waals surface area contributed by atoms with E-state index < -0.39 is 5.82 Å². The number of amides is 1. The molecule has 1 saturated heterocycles. The highest BCUT2D eigenvalue weighted by Crippen LogP contribution is 2.23. The zero-order valence-electron chi connectivity index (χ0n) is 9.28. The van der Waals surface area contributed by atoms with Crippen LogP contribution in [0.2, 0.25) is 0 Å². The molecule has 1 amide bonds. The third kappa shape index (κ3) is 2.44. The van der Waals surface area contributed by atoms with Crippen LogP contribution in [0.15, 0.2) is 18.2 Å². The van der Waals surface area contributed by atoms with Gasteiger partial charge < -0.3 is 10.6 Å². The highest BCUT2D eigenvalue weighted by Gasteiger charge is 2.20. The highest BCUT2D eigenvalue weighted by atomic mass is 32.1. The van der Waals surface area contributed by atoms with Crippen molar-refractivity contribution in [3.05, 3.63) is 29.6 Å². The van der Waals surface area contributed by atoms with Gasteiger partial charge in [-0.25, -0.2) is 4.39 Å². The van der Waals surface area contributed by atoms with Gasteiger partial charge in [0.1, 0.15) is 10.8 Å². The van der Waals surface area contributed by atoms with E-state index in [0.717, 1.165) is 12.8 Å². The molecule has 0 unspecified atom stereocenters. The summed E-state index contributed by atoms with van der Waals surface area (Å²) in [5, 5.41) is 0. The fourth-order valence-electron chi connectivity index (χ4n) is 1.95. The number of benzene rings is 1. The first-order valence-corrected chi connectivity index (χ1v) is 5.90. The molecule has 3 nitrogen and oxygen atoms in total. The monoisotopic (exact) mass is 252 g/mol. The maximum Gasteiger partial charge on any atom is 0.226 e. The molecule has 5 heteroatoms. The summed E-state index contributed by atoms with van der Waals surface area (Å²) in [5.41, 5.74) is 6.29. The fraction of sp³-hybridized carbons (Fsp3) is 0.333. The number of piperidine rings is 1. The smallest absolute Gasteiger partial charge is 0.226 e. The van der Waals surface area contributed by atoms with Crippen molar-refractivity contribution >= 4 is 28.8 Å². The molecule has 0 aromatic heterocycles. The molecule has 90 valence electrons. The Balaban J connectivity index is 2.35. The van der Waals surface area contributed by atoms with E-state index in [2.05, 4.69) is 0 Å². The molecule has 17 heavy (non-hydrogen) atoms. The maximum absolute atomic E-state index is 13.4. The molecule has 0 radical (unpaired) electrons. The summed E-state index contributed by atoms with van der Waals surface area (Å²) >= 11 is 4.77. The van der Waals surface area contributed by atoms with E-state index in [9.17, 15) is 9.18 Å². The van der Waals surface area contributed by atoms with Crippen LogP contribution < -0.4 is 10.6 Å². The average molecular weight is 252 g/mol. The van der Waals surface area contributed by atoms with Crippen molar-refractivity contribution < 1.29 is 9.18 Å². The van der Waals surface area contributed by atoms with Crippen LogP contribution in [0.4, 0.5) is 10.1 Å². The number of anilines is 1. The molecule has 2 rings (SSSR count). The number of carbonyl (C=O) groups excluding carboxylic acids is 1. The van der Waals surface area contributed by atoms with Crippen LogP contribution in [-0.4, -0.2) is 17.4 Å². The Labute approximate surface area is 104 Å². The van der Waals surface area contributed by atoms with Gasteiger partial charge >= 0.3 is 0 Å². The zero-order valence-corrected chi connectivity index (χ0v) is 10.1. The van der Waals surface area contributed by atoms with Gasteiger partial charge in [0.15, 0.2) is 0 Å². The average Bonchev–Trinajstić information content (AvgIpc) is 2.30. The number of hydrogen-bond donors (Lipinski definition) is 1. The first-order valence-electron chi connectivity index (χ1n) is 5.49. The van der Waals surface area contributed by atoms with E-state index in [4.69, 9.17) is 18.0 Å². The van der Waals surface area contributed by atoms with Gasteiger partial charge in [-0.05, 0) is 31.0 Å². The normalized spacial score (nSPS) is 16.1. The minimum absolute atomic E-state index is 0.00816. The molecule has 1 aliphatic heterocycles. The Hall–Kier alpha value is -1.49. The second-order valence-corrected chi connectivity index (χ2v) is 4.47. The molecular formula is C12H13FN2OS. The molecule has 1 aromatic rings. The highest BCUT2D eigenvalue weighted by molar-refractivity contribution is 7.80. The summed E-state index contributed by atoms with van der Waals surface area (Å²) in [6, 6.07) is 4.42. The number of carbonyl (C=O) groups is 1. The van der Waals surface area contributed by atoms with Crippen LogP contribution >= 0.6 is 12.2 Å². The van der Waals surface area contributed by atoms with Crippen molar-refractivity contribution in [3.63, 3.8) is 0 Å². The minimum atomic E-state index is -0.453. The molecular weight excluding hydrogens is 239 g/mol. The van der Waals surface area contributed by atoms with Gasteiger partial charge in [0.25, 0.3) is 0 Å². The lowest BCUT2D eigenvalue weighted by Crippen LogP contribution is -2.35. The quantitative estimate of drug-likeness (QED) is 0.819. The lowest BCUT2D eigenvalue weighted by molar-refractivity contribution is -0.119. The van der Waals surface area contributed by atoms with E-state index in [1.807, 2.05) is 0 Å². The summed E-state index contributed by atoms with van der Waals surface area (Å²) in [7, 11) is 0. The third-order valence-corrected chi connectivity index (χ3v) is 3.07. The van der Waals surface area contributed by atoms with Crippen LogP contribution in [0.1, 0.15) is 24.8 Å². The van der Waals surface area contributed by atoms with Crippen molar-refractivity contribution in [1.82, 2.24) is 0 Å². The van der Waals surface area contributed by atoms with E-state index in [1.165, 1.54) is 6.07 Å². The Morgan fingerprint density at radius 3 is 2.82 bits per heavy atom. The Bertz CT molecular complexity index is 476. The molecule has 1 aromatic carbocycles. The minimum Gasteiger partial charge on any atom is -0.389 e. The van der Waals surface area contributed by atoms with E-state index in [0.29, 0.717) is 18.7 Å². The molecule has 2 N–H and O–H groups in total. The lowest BCUT2D eigenvalue weighted by atomic mass is 10.1. The molecule has 0 aliphatic carbocycles. The molecule has 1 fully saturated rings. The van der Waals surface area contributed by atoms with Crippen LogP contribution in [0.25, 0.3) is 0 Å². The topological polar surface area (TPSA) is 46.3 Å². The van der Waals surface area contributed by atoms with Crippen LogP contribution in [0, 0.1) is 5.82 Å². The Morgan fingerprint density at radius 2 is 2.18 bits per heavy atom. The van der Waals surface area contributed by atoms with Gasteiger partial charge in [-0.3, -0.25) is 4.79 Å². The zero-order chi connectivity index (χ0) is 12.4. The second-order valence-electron chi connectivity index (χ2n) is 4.03. The van der Waals surface area contributed by atoms with E-state index in [-0.39, 0.29) is 16.5 Å². The molecule has 0 atom stereocenters. The van der Waals surface area contributed by atoms with Crippen molar-refractivity contribution in [2.45, 2.75) is 19.3 Å². The fourth-order valence-corrected chi connectivity index (χ4v) is 2.11. The lowest BCUT2D eigenvalue weighted by Gasteiger charge is -2.27. The summed E-state index contributed by atoms with van der Waals surface area (Å²) in [6.07, 6.45) is 2.42. The number of nitrogens with zero attached hydrogens (tertiary/aromatic N) is 1. The van der Waals surface area contributed by atoms with Crippen molar-refractivity contribution in [2.24, 2.45) is 5.73 Å². The molecule has 0 bridgehead atoms. The van der Waals surface area contributed by atoms with Crippen LogP contribution in [0.3, 0.4) is 0 Å². The van der Waals surface area contributed by atoms with Crippen molar-refractivity contribution in [3.8, 4) is 0 Å². The van der Waals surface area contributed by atoms with Crippen molar-refractivity contribution in [1.29, 1.82) is 0 Å². The van der Waals surface area contributed by atoms with E-state index >= 15 is 0 Å². The van der Waals surface area contributed by atoms with Gasteiger partial charge in [0, 0.05) is 24.2 Å². The maximum atomic E-state index is 13.4. The summed E-state index contributed by atoms with van der Waals surface area (Å²) in [6.45, 7) is 0.668. The predicted octanol–water partition coefficient (Wildman–Crippen LogP) is 1.98. The summed E-state index contributed by atoms with van der Waals surface area (Å²) < 4.78 is 13.4. The summed E-state index contributed by atoms with van der Waals surface area (Å²) in [5.74, 6) is -0.387. The second kappa shape index (κ2) is 4.79. The first-order chi connectivity index (χ1) is 8.09. The van der Waals surface area contributed by atoms with Gasteiger partial charge in [0.2, 0.25) is 5.91 Å². The van der Waals surface area contributed by atoms with Crippen LogP contribution in [-0.2, 0) is 4.79 Å². The van der Waals surface area contributed by atoms with Crippen LogP contribution in [0.5, 0.6) is 0 Å². The van der Waals surface area contributed by atoms with Gasteiger partial charge in [0.05, 0.1) is 0 Å². The van der Waals surface area contributed by atoms with Crippen molar-refractivity contribution in [2.75, 3.05) is 11.4 Å². The number of rotatable bonds is 2. The standard InChI is InChI=1S/C12H13FN2OS/c13-10-5-4-8(7-9(10)12(14)17)15-6-2-1-3-11(15)16/h4-5,7H,1-3,6H2,(H2,14,17). The predicted molar refractivity (Wildman–Crippen MR) is 68.5 cm³/mol. The van der Waals surface area contributed by atoms with E-state index in [1.54, 1.807) is 17.0 Å². The van der Waals surface area contributed by atoms with Gasteiger partial charge in [-0.1, -0.05) is 12.2 Å². The molecule has 1 aliphatic rings. The Morgan fingerprint density at radius 1 is 1.41 bits per heavy atom. The molecule has 0 spiro atoms. The SMILES string of the molecule is NC(=S)c1cc(N2CCCCC2=O)ccc1F. The number of nitrogens with two attached hydrogens (primary N) is 1. The first kappa shape index (κ1) is 12.0. The number of halogens is 1.